The number of likely N-dealkylation sites (N-methyl/N-ethyl adjacent to an activating group) is 1. The molecule has 7 heteroatoms. The van der Waals surface area contributed by atoms with Crippen LogP contribution >= 0.6 is 0 Å². The van der Waals surface area contributed by atoms with Crippen LogP contribution in [0.15, 0.2) is 24.3 Å². The molecule has 3 rings (SSSR count). The molecule has 1 unspecified atom stereocenters. The second-order valence-corrected chi connectivity index (χ2v) is 8.65. The Hall–Kier alpha value is -1.67. The summed E-state index contributed by atoms with van der Waals surface area (Å²) in [5, 5.41) is 10.4. The van der Waals surface area contributed by atoms with E-state index in [-0.39, 0.29) is 11.9 Å². The summed E-state index contributed by atoms with van der Waals surface area (Å²) in [6.07, 6.45) is 1.22. The third-order valence-electron chi connectivity index (χ3n) is 6.34. The summed E-state index contributed by atoms with van der Waals surface area (Å²) in [4.78, 5) is 19.0. The summed E-state index contributed by atoms with van der Waals surface area (Å²) < 4.78 is 11.0. The number of benzene rings is 1. The number of piperazine rings is 1. The monoisotopic (exact) mass is 433 g/mol. The maximum atomic E-state index is 11.9. The van der Waals surface area contributed by atoms with Crippen molar-refractivity contribution in [2.75, 3.05) is 65.6 Å². The van der Waals surface area contributed by atoms with E-state index in [1.807, 2.05) is 19.1 Å². The van der Waals surface area contributed by atoms with Gasteiger partial charge in [0.1, 0.15) is 18.5 Å². The minimum absolute atomic E-state index is 0.0392. The van der Waals surface area contributed by atoms with Gasteiger partial charge in [0.25, 0.3) is 0 Å². The summed E-state index contributed by atoms with van der Waals surface area (Å²) in [7, 11) is 0. The Balaban J connectivity index is 1.39. The highest BCUT2D eigenvalue weighted by Crippen LogP contribution is 2.22. The largest absolute Gasteiger partial charge is 0.491 e. The number of likely N-dealkylation sites (tertiary alicyclic amines) is 1. The molecule has 2 aliphatic heterocycles. The van der Waals surface area contributed by atoms with Gasteiger partial charge in [0.05, 0.1) is 12.5 Å². The molecule has 174 valence electrons. The van der Waals surface area contributed by atoms with Gasteiger partial charge in [-0.25, -0.2) is 0 Å². The zero-order valence-electron chi connectivity index (χ0n) is 19.2. The molecule has 0 amide bonds. The van der Waals surface area contributed by atoms with E-state index in [0.29, 0.717) is 19.8 Å². The first-order chi connectivity index (χ1) is 15.1. The minimum atomic E-state index is -0.487. The first-order valence-electron chi connectivity index (χ1n) is 11.8. The molecule has 0 aromatic heterocycles. The van der Waals surface area contributed by atoms with Crippen LogP contribution in [-0.2, 0) is 16.1 Å². The van der Waals surface area contributed by atoms with Crippen molar-refractivity contribution in [1.82, 2.24) is 14.7 Å². The van der Waals surface area contributed by atoms with Crippen molar-refractivity contribution in [1.29, 1.82) is 0 Å². The smallest absolute Gasteiger partial charge is 0.309 e. The van der Waals surface area contributed by atoms with E-state index in [2.05, 4.69) is 33.8 Å². The molecule has 0 bridgehead atoms. The number of aliphatic hydroxyl groups excluding tert-OH is 1. The Labute approximate surface area is 186 Å². The van der Waals surface area contributed by atoms with Crippen molar-refractivity contribution in [3.8, 4) is 5.75 Å². The molecule has 2 heterocycles. The SMILES string of the molecule is CCOC(=O)C1CCN(Cc2cccc(OCC(O)CN3CCN(CC)CC3)c2)CC1. The van der Waals surface area contributed by atoms with Crippen LogP contribution in [0.4, 0.5) is 0 Å². The Morgan fingerprint density at radius 2 is 1.77 bits per heavy atom. The van der Waals surface area contributed by atoms with Crippen LogP contribution in [-0.4, -0.2) is 97.5 Å². The molecule has 2 fully saturated rings. The lowest BCUT2D eigenvalue weighted by Crippen LogP contribution is -2.49. The van der Waals surface area contributed by atoms with Crippen LogP contribution in [0, 0.1) is 5.92 Å². The number of aliphatic hydroxyl groups is 1. The van der Waals surface area contributed by atoms with Gasteiger partial charge in [-0.05, 0) is 57.1 Å². The van der Waals surface area contributed by atoms with Crippen molar-refractivity contribution >= 4 is 5.97 Å². The lowest BCUT2D eigenvalue weighted by atomic mass is 9.96. The number of β-amino-alcohol motifs (C(OH)–C–C–N with tert-alkyl or cyclic N) is 1. The second-order valence-electron chi connectivity index (χ2n) is 8.65. The van der Waals surface area contributed by atoms with Crippen molar-refractivity contribution in [2.24, 2.45) is 5.92 Å². The maximum Gasteiger partial charge on any atom is 0.309 e. The highest BCUT2D eigenvalue weighted by atomic mass is 16.5. The van der Waals surface area contributed by atoms with Crippen LogP contribution in [0.25, 0.3) is 0 Å². The second kappa shape index (κ2) is 12.4. The van der Waals surface area contributed by atoms with E-state index >= 15 is 0 Å². The molecule has 0 saturated carbocycles. The molecule has 1 aromatic rings. The van der Waals surface area contributed by atoms with Gasteiger partial charge < -0.3 is 19.5 Å². The zero-order chi connectivity index (χ0) is 22.1. The molecule has 2 aliphatic rings. The van der Waals surface area contributed by atoms with E-state index in [4.69, 9.17) is 9.47 Å². The van der Waals surface area contributed by atoms with Gasteiger partial charge in [0, 0.05) is 39.3 Å². The molecular formula is C24H39N3O4. The fourth-order valence-corrected chi connectivity index (χ4v) is 4.41. The average molecular weight is 434 g/mol. The van der Waals surface area contributed by atoms with Crippen molar-refractivity contribution in [2.45, 2.75) is 39.3 Å². The van der Waals surface area contributed by atoms with Gasteiger partial charge in [-0.1, -0.05) is 19.1 Å². The van der Waals surface area contributed by atoms with E-state index < -0.39 is 6.10 Å². The first kappa shape index (κ1) is 24.0. The number of ether oxygens (including phenoxy) is 2. The van der Waals surface area contributed by atoms with Crippen LogP contribution in [0.3, 0.4) is 0 Å². The highest BCUT2D eigenvalue weighted by Gasteiger charge is 2.26. The normalized spacial score (nSPS) is 20.5. The van der Waals surface area contributed by atoms with Gasteiger partial charge in [-0.15, -0.1) is 0 Å². The average Bonchev–Trinajstić information content (AvgIpc) is 2.79. The molecule has 31 heavy (non-hydrogen) atoms. The summed E-state index contributed by atoms with van der Waals surface area (Å²) >= 11 is 0. The molecule has 0 spiro atoms. The molecular weight excluding hydrogens is 394 g/mol. The summed E-state index contributed by atoms with van der Waals surface area (Å²) in [5.41, 5.74) is 1.19. The molecule has 0 radical (unpaired) electrons. The number of nitrogens with zero attached hydrogens (tertiary/aromatic N) is 3. The quantitative estimate of drug-likeness (QED) is 0.565. The molecule has 1 atom stereocenters. The molecule has 0 aliphatic carbocycles. The number of hydrogen-bond acceptors (Lipinski definition) is 7. The van der Waals surface area contributed by atoms with Crippen LogP contribution in [0.5, 0.6) is 5.75 Å². The van der Waals surface area contributed by atoms with Crippen LogP contribution in [0.1, 0.15) is 32.3 Å². The predicted molar refractivity (Wildman–Crippen MR) is 121 cm³/mol. The number of piperidine rings is 1. The zero-order valence-corrected chi connectivity index (χ0v) is 19.2. The van der Waals surface area contributed by atoms with Gasteiger partial charge in [-0.3, -0.25) is 14.6 Å². The summed E-state index contributed by atoms with van der Waals surface area (Å²) in [6.45, 7) is 13.4. The topological polar surface area (TPSA) is 65.5 Å². The van der Waals surface area contributed by atoms with Crippen molar-refractivity contribution < 1.29 is 19.4 Å². The molecule has 7 nitrogen and oxygen atoms in total. The van der Waals surface area contributed by atoms with E-state index in [1.54, 1.807) is 0 Å². The number of carbonyl (C=O) groups is 1. The van der Waals surface area contributed by atoms with E-state index in [0.717, 1.165) is 70.9 Å². The van der Waals surface area contributed by atoms with Crippen LogP contribution in [0.2, 0.25) is 0 Å². The molecule has 2 saturated heterocycles. The van der Waals surface area contributed by atoms with Crippen molar-refractivity contribution in [3.05, 3.63) is 29.8 Å². The van der Waals surface area contributed by atoms with Crippen molar-refractivity contribution in [3.63, 3.8) is 0 Å². The van der Waals surface area contributed by atoms with E-state index in [1.165, 1.54) is 5.56 Å². The third kappa shape index (κ3) is 7.75. The number of carbonyl (C=O) groups excluding carboxylic acids is 1. The maximum absolute atomic E-state index is 11.9. The first-order valence-corrected chi connectivity index (χ1v) is 11.8. The summed E-state index contributed by atoms with van der Waals surface area (Å²) in [5.74, 6) is 0.786. The summed E-state index contributed by atoms with van der Waals surface area (Å²) in [6, 6.07) is 8.12. The third-order valence-corrected chi connectivity index (χ3v) is 6.34. The van der Waals surface area contributed by atoms with E-state index in [9.17, 15) is 9.90 Å². The van der Waals surface area contributed by atoms with Crippen LogP contribution < -0.4 is 4.74 Å². The van der Waals surface area contributed by atoms with Gasteiger partial charge >= 0.3 is 5.97 Å². The number of rotatable bonds is 10. The Bertz CT molecular complexity index is 671. The molecule has 1 N–H and O–H groups in total. The number of hydrogen-bond donors (Lipinski definition) is 1. The van der Waals surface area contributed by atoms with Gasteiger partial charge in [-0.2, -0.15) is 0 Å². The lowest BCUT2D eigenvalue weighted by molar-refractivity contribution is -0.149. The highest BCUT2D eigenvalue weighted by molar-refractivity contribution is 5.72. The fourth-order valence-electron chi connectivity index (χ4n) is 4.41. The minimum Gasteiger partial charge on any atom is -0.491 e. The standard InChI is InChI=1S/C24H39N3O4/c1-3-25-12-14-27(15-13-25)18-22(28)19-31-23-7-5-6-20(16-23)17-26-10-8-21(9-11-26)24(29)30-4-2/h5-7,16,21-22,28H,3-4,8-15,17-19H2,1-2H3. The lowest BCUT2D eigenvalue weighted by Gasteiger charge is -2.34. The fraction of sp³-hybridized carbons (Fsp3) is 0.708. The number of esters is 1. The Morgan fingerprint density at radius 3 is 2.45 bits per heavy atom. The predicted octanol–water partition coefficient (Wildman–Crippen LogP) is 1.84. The Kier molecular flexibility index (Phi) is 9.58. The van der Waals surface area contributed by atoms with Gasteiger partial charge in [0.2, 0.25) is 0 Å². The molecule has 1 aromatic carbocycles. The van der Waals surface area contributed by atoms with Gasteiger partial charge in [0.15, 0.2) is 0 Å². The Morgan fingerprint density at radius 1 is 1.06 bits per heavy atom.